The number of anilines is 4. The van der Waals surface area contributed by atoms with Gasteiger partial charge in [-0.2, -0.15) is 9.97 Å². The monoisotopic (exact) mass is 397 g/mol. The Hall–Kier alpha value is -3.76. The van der Waals surface area contributed by atoms with Crippen molar-refractivity contribution in [1.82, 2.24) is 9.97 Å². The van der Waals surface area contributed by atoms with E-state index in [1.54, 1.807) is 0 Å². The number of non-ortho nitro benzene ring substituents is 1. The molecule has 2 aromatic rings. The molecule has 1 aromatic heterocycles. The Balaban J connectivity index is 1.63. The third-order valence-electron chi connectivity index (χ3n) is 4.99. The van der Waals surface area contributed by atoms with E-state index in [1.165, 1.54) is 24.3 Å². The number of nitrogens with two attached hydrogens (primary N) is 1. The summed E-state index contributed by atoms with van der Waals surface area (Å²) in [6.07, 6.45) is 1.94. The van der Waals surface area contributed by atoms with E-state index in [2.05, 4.69) is 20.6 Å². The number of hydrogen-bond donors (Lipinski definition) is 3. The molecule has 150 valence electrons. The van der Waals surface area contributed by atoms with Gasteiger partial charge in [-0.1, -0.05) is 6.07 Å². The molecular weight excluding hydrogens is 378 g/mol. The van der Waals surface area contributed by atoms with Gasteiger partial charge < -0.3 is 21.3 Å². The first-order chi connectivity index (χ1) is 13.9. The molecule has 2 amide bonds. The minimum Gasteiger partial charge on any atom is -0.383 e. The average molecular weight is 397 g/mol. The maximum atomic E-state index is 12.9. The normalized spacial score (nSPS) is 18.1. The Morgan fingerprint density at radius 3 is 2.79 bits per heavy atom. The van der Waals surface area contributed by atoms with Gasteiger partial charge in [0.25, 0.3) is 5.69 Å². The summed E-state index contributed by atoms with van der Waals surface area (Å²) in [5.41, 5.74) is 6.60. The number of carbonyl (C=O) groups excluding carboxylic acids is 2. The summed E-state index contributed by atoms with van der Waals surface area (Å²) in [6.45, 7) is 1.62. The summed E-state index contributed by atoms with van der Waals surface area (Å²) in [4.78, 5) is 46.2. The third-order valence-corrected chi connectivity index (χ3v) is 4.99. The SMILES string of the molecule is Nc1nc(N2CCCC2)nc2c1[C@H](C(=O)Nc1cccc([N+](=O)[O-])c1)CC(=O)N2. The van der Waals surface area contributed by atoms with Crippen LogP contribution in [0, 0.1) is 10.1 Å². The Kier molecular flexibility index (Phi) is 4.71. The number of rotatable bonds is 4. The van der Waals surface area contributed by atoms with Gasteiger partial charge in [-0.3, -0.25) is 19.7 Å². The second-order valence-electron chi connectivity index (χ2n) is 6.97. The molecule has 11 heteroatoms. The molecule has 0 aliphatic carbocycles. The molecule has 1 fully saturated rings. The van der Waals surface area contributed by atoms with E-state index < -0.39 is 16.7 Å². The van der Waals surface area contributed by atoms with Crippen LogP contribution in [0.3, 0.4) is 0 Å². The number of nitro benzene ring substituents is 1. The average Bonchev–Trinajstić information content (AvgIpc) is 3.22. The standard InChI is InChI=1S/C18H19N7O4/c19-15-14-12(17(27)20-10-4-3-5-11(8-10)25(28)29)9-13(26)21-16(14)23-18(22-15)24-6-1-2-7-24/h3-5,8,12H,1-2,6-7,9H2,(H,20,27)(H3,19,21,22,23,26)/t12-/m1/s1. The van der Waals surface area contributed by atoms with Crippen molar-refractivity contribution in [1.29, 1.82) is 0 Å². The van der Waals surface area contributed by atoms with Crippen LogP contribution in [0.1, 0.15) is 30.7 Å². The molecule has 1 atom stereocenters. The first-order valence-electron chi connectivity index (χ1n) is 9.20. The lowest BCUT2D eigenvalue weighted by Crippen LogP contribution is -2.33. The van der Waals surface area contributed by atoms with Crippen molar-refractivity contribution < 1.29 is 14.5 Å². The maximum absolute atomic E-state index is 12.9. The maximum Gasteiger partial charge on any atom is 0.271 e. The minimum absolute atomic E-state index is 0.121. The predicted octanol–water partition coefficient (Wildman–Crippen LogP) is 1.63. The van der Waals surface area contributed by atoms with Crippen LogP contribution in [0.4, 0.5) is 29.0 Å². The Morgan fingerprint density at radius 2 is 2.07 bits per heavy atom. The number of benzene rings is 1. The van der Waals surface area contributed by atoms with Crippen molar-refractivity contribution >= 4 is 40.8 Å². The summed E-state index contributed by atoms with van der Waals surface area (Å²) in [6, 6.07) is 5.57. The quantitative estimate of drug-likeness (QED) is 0.519. The van der Waals surface area contributed by atoms with Gasteiger partial charge in [-0.25, -0.2) is 0 Å². The largest absolute Gasteiger partial charge is 0.383 e. The summed E-state index contributed by atoms with van der Waals surface area (Å²) < 4.78 is 0. The molecule has 2 aliphatic rings. The van der Waals surface area contributed by atoms with Crippen molar-refractivity contribution in [3.05, 3.63) is 39.9 Å². The van der Waals surface area contributed by atoms with E-state index in [9.17, 15) is 19.7 Å². The Bertz CT molecular complexity index is 1000. The predicted molar refractivity (Wildman–Crippen MR) is 106 cm³/mol. The summed E-state index contributed by atoms with van der Waals surface area (Å²) in [5.74, 6) is -0.969. The minimum atomic E-state index is -0.898. The van der Waals surface area contributed by atoms with Gasteiger partial charge in [0.2, 0.25) is 17.8 Å². The lowest BCUT2D eigenvalue weighted by molar-refractivity contribution is -0.384. The van der Waals surface area contributed by atoms with E-state index in [1.807, 2.05) is 4.90 Å². The molecular formula is C18H19N7O4. The number of hydrogen-bond acceptors (Lipinski definition) is 8. The van der Waals surface area contributed by atoms with Crippen LogP contribution in [-0.4, -0.2) is 39.8 Å². The van der Waals surface area contributed by atoms with Crippen molar-refractivity contribution in [2.24, 2.45) is 0 Å². The number of nitrogen functional groups attached to an aromatic ring is 1. The Morgan fingerprint density at radius 1 is 1.31 bits per heavy atom. The van der Waals surface area contributed by atoms with Gasteiger partial charge in [-0.05, 0) is 18.9 Å². The van der Waals surface area contributed by atoms with Crippen LogP contribution in [-0.2, 0) is 9.59 Å². The fourth-order valence-electron chi connectivity index (χ4n) is 3.59. The van der Waals surface area contributed by atoms with E-state index >= 15 is 0 Å². The highest BCUT2D eigenvalue weighted by Gasteiger charge is 2.35. The number of fused-ring (bicyclic) bond motifs is 1. The van der Waals surface area contributed by atoms with Crippen molar-refractivity contribution in [3.63, 3.8) is 0 Å². The molecule has 11 nitrogen and oxygen atoms in total. The van der Waals surface area contributed by atoms with Crippen LogP contribution in [0.5, 0.6) is 0 Å². The number of amides is 2. The van der Waals surface area contributed by atoms with E-state index in [0.29, 0.717) is 11.5 Å². The molecule has 2 aliphatic heterocycles. The van der Waals surface area contributed by atoms with Crippen molar-refractivity contribution in [2.45, 2.75) is 25.2 Å². The molecule has 0 radical (unpaired) electrons. The third kappa shape index (κ3) is 3.66. The highest BCUT2D eigenvalue weighted by molar-refractivity contribution is 6.05. The van der Waals surface area contributed by atoms with Crippen molar-refractivity contribution in [3.8, 4) is 0 Å². The fourth-order valence-corrected chi connectivity index (χ4v) is 3.59. The second-order valence-corrected chi connectivity index (χ2v) is 6.97. The van der Waals surface area contributed by atoms with Gasteiger partial charge in [0.05, 0.1) is 16.4 Å². The topological polar surface area (TPSA) is 156 Å². The molecule has 0 bridgehead atoms. The number of nitrogens with zero attached hydrogens (tertiary/aromatic N) is 4. The zero-order valence-electron chi connectivity index (χ0n) is 15.4. The highest BCUT2D eigenvalue weighted by Crippen LogP contribution is 2.37. The lowest BCUT2D eigenvalue weighted by atomic mass is 9.92. The molecule has 0 unspecified atom stereocenters. The van der Waals surface area contributed by atoms with Crippen LogP contribution in [0.2, 0.25) is 0 Å². The molecule has 4 N–H and O–H groups in total. The summed E-state index contributed by atoms with van der Waals surface area (Å²) in [5, 5.41) is 16.2. The van der Waals surface area contributed by atoms with Gasteiger partial charge in [0.1, 0.15) is 11.6 Å². The first kappa shape index (κ1) is 18.6. The molecule has 0 spiro atoms. The summed E-state index contributed by atoms with van der Waals surface area (Å²) >= 11 is 0. The van der Waals surface area contributed by atoms with Crippen LogP contribution in [0.15, 0.2) is 24.3 Å². The zero-order chi connectivity index (χ0) is 20.5. The number of carbonyl (C=O) groups is 2. The van der Waals surface area contributed by atoms with Crippen LogP contribution < -0.4 is 21.3 Å². The zero-order valence-corrected chi connectivity index (χ0v) is 15.4. The number of aromatic nitrogens is 2. The van der Waals surface area contributed by atoms with Crippen LogP contribution >= 0.6 is 0 Å². The van der Waals surface area contributed by atoms with E-state index in [-0.39, 0.29) is 35.3 Å². The van der Waals surface area contributed by atoms with Gasteiger partial charge in [0.15, 0.2) is 0 Å². The number of nitro groups is 1. The lowest BCUT2D eigenvalue weighted by Gasteiger charge is -2.26. The molecule has 0 saturated carbocycles. The fraction of sp³-hybridized carbons (Fsp3) is 0.333. The highest BCUT2D eigenvalue weighted by atomic mass is 16.6. The van der Waals surface area contributed by atoms with Crippen molar-refractivity contribution in [2.75, 3.05) is 34.4 Å². The van der Waals surface area contributed by atoms with Gasteiger partial charge in [0, 0.05) is 37.3 Å². The Labute approximate surface area is 165 Å². The van der Waals surface area contributed by atoms with E-state index in [0.717, 1.165) is 25.9 Å². The first-order valence-corrected chi connectivity index (χ1v) is 9.20. The van der Waals surface area contributed by atoms with Crippen LogP contribution in [0.25, 0.3) is 0 Å². The molecule has 3 heterocycles. The van der Waals surface area contributed by atoms with E-state index in [4.69, 9.17) is 5.73 Å². The second kappa shape index (κ2) is 7.34. The molecule has 4 rings (SSSR count). The van der Waals surface area contributed by atoms with Gasteiger partial charge in [-0.15, -0.1) is 0 Å². The number of nitrogens with one attached hydrogen (secondary N) is 2. The molecule has 1 saturated heterocycles. The molecule has 29 heavy (non-hydrogen) atoms. The smallest absolute Gasteiger partial charge is 0.271 e. The summed E-state index contributed by atoms with van der Waals surface area (Å²) in [7, 11) is 0. The van der Waals surface area contributed by atoms with Gasteiger partial charge >= 0.3 is 0 Å². The molecule has 1 aromatic carbocycles.